The summed E-state index contributed by atoms with van der Waals surface area (Å²) in [5, 5.41) is 5.45. The first-order valence-electron chi connectivity index (χ1n) is 8.11. The molecule has 1 aliphatic rings. The van der Waals surface area contributed by atoms with Gasteiger partial charge in [0.1, 0.15) is 0 Å². The fraction of sp³-hybridized carbons (Fsp3) is 0.263. The summed E-state index contributed by atoms with van der Waals surface area (Å²) >= 11 is 0. The summed E-state index contributed by atoms with van der Waals surface area (Å²) in [5.41, 5.74) is 2.23. The van der Waals surface area contributed by atoms with E-state index in [9.17, 15) is 9.59 Å². The van der Waals surface area contributed by atoms with Crippen molar-refractivity contribution in [2.45, 2.75) is 19.8 Å². The first kappa shape index (κ1) is 16.8. The molecule has 2 aromatic rings. The van der Waals surface area contributed by atoms with Gasteiger partial charge in [0.25, 0.3) is 5.91 Å². The van der Waals surface area contributed by atoms with Gasteiger partial charge in [-0.1, -0.05) is 32.0 Å². The quantitative estimate of drug-likeness (QED) is 0.877. The van der Waals surface area contributed by atoms with Gasteiger partial charge in [0.05, 0.1) is 6.54 Å². The van der Waals surface area contributed by atoms with E-state index in [-0.39, 0.29) is 25.2 Å². The summed E-state index contributed by atoms with van der Waals surface area (Å²) < 4.78 is 10.5. The number of ether oxygens (including phenoxy) is 2. The van der Waals surface area contributed by atoms with Gasteiger partial charge in [-0.2, -0.15) is 0 Å². The predicted octanol–water partition coefficient (Wildman–Crippen LogP) is 2.91. The van der Waals surface area contributed by atoms with Gasteiger partial charge < -0.3 is 20.1 Å². The molecule has 0 bridgehead atoms. The van der Waals surface area contributed by atoms with E-state index in [1.54, 1.807) is 18.2 Å². The highest BCUT2D eigenvalue weighted by atomic mass is 16.7. The van der Waals surface area contributed by atoms with Crippen LogP contribution in [0.15, 0.2) is 42.5 Å². The van der Waals surface area contributed by atoms with Crippen molar-refractivity contribution < 1.29 is 19.1 Å². The van der Waals surface area contributed by atoms with Gasteiger partial charge in [0.15, 0.2) is 11.5 Å². The van der Waals surface area contributed by atoms with Crippen LogP contribution in [0.3, 0.4) is 0 Å². The summed E-state index contributed by atoms with van der Waals surface area (Å²) in [7, 11) is 0. The molecule has 2 amide bonds. The molecule has 0 saturated carbocycles. The average molecular weight is 340 g/mol. The zero-order chi connectivity index (χ0) is 17.8. The molecule has 0 aliphatic carbocycles. The van der Waals surface area contributed by atoms with Crippen LogP contribution in [0.25, 0.3) is 0 Å². The molecule has 0 fully saturated rings. The van der Waals surface area contributed by atoms with Gasteiger partial charge in [0.2, 0.25) is 12.7 Å². The van der Waals surface area contributed by atoms with E-state index < -0.39 is 0 Å². The Morgan fingerprint density at radius 1 is 1.08 bits per heavy atom. The highest BCUT2D eigenvalue weighted by molar-refractivity contribution is 6.00. The van der Waals surface area contributed by atoms with Crippen LogP contribution >= 0.6 is 0 Å². The Kier molecular flexibility index (Phi) is 4.88. The lowest BCUT2D eigenvalue weighted by Gasteiger charge is -2.14. The number of nitrogens with one attached hydrogen (secondary N) is 2. The first-order valence-corrected chi connectivity index (χ1v) is 8.11. The van der Waals surface area contributed by atoms with Crippen molar-refractivity contribution in [1.29, 1.82) is 0 Å². The van der Waals surface area contributed by atoms with E-state index >= 15 is 0 Å². The molecule has 0 atom stereocenters. The largest absolute Gasteiger partial charge is 0.454 e. The van der Waals surface area contributed by atoms with Crippen LogP contribution in [-0.2, 0) is 4.79 Å². The Hall–Kier alpha value is -3.02. The lowest BCUT2D eigenvalue weighted by Crippen LogP contribution is -2.33. The minimum Gasteiger partial charge on any atom is -0.454 e. The van der Waals surface area contributed by atoms with Crippen molar-refractivity contribution in [3.05, 3.63) is 53.6 Å². The van der Waals surface area contributed by atoms with Crippen molar-refractivity contribution in [2.75, 3.05) is 18.7 Å². The van der Waals surface area contributed by atoms with Crippen LogP contribution in [0.5, 0.6) is 11.5 Å². The Morgan fingerprint density at radius 2 is 1.84 bits per heavy atom. The second-order valence-electron chi connectivity index (χ2n) is 6.04. The van der Waals surface area contributed by atoms with Crippen LogP contribution < -0.4 is 20.1 Å². The number of hydrogen-bond donors (Lipinski definition) is 2. The number of hydrogen-bond acceptors (Lipinski definition) is 4. The molecule has 130 valence electrons. The fourth-order valence-corrected chi connectivity index (χ4v) is 2.61. The topological polar surface area (TPSA) is 76.7 Å². The third-order valence-electron chi connectivity index (χ3n) is 3.90. The Bertz CT molecular complexity index is 802. The van der Waals surface area contributed by atoms with Crippen LogP contribution in [0, 0.1) is 0 Å². The second kappa shape index (κ2) is 7.25. The molecule has 6 heteroatoms. The van der Waals surface area contributed by atoms with Gasteiger partial charge in [-0.3, -0.25) is 9.59 Å². The molecule has 0 radical (unpaired) electrons. The van der Waals surface area contributed by atoms with Crippen molar-refractivity contribution in [1.82, 2.24) is 5.32 Å². The SMILES string of the molecule is CC(C)c1ccccc1NC(=O)CNC(=O)c1ccc2c(c1)OCO2. The molecule has 0 spiro atoms. The number of anilines is 1. The monoisotopic (exact) mass is 340 g/mol. The number of benzene rings is 2. The summed E-state index contributed by atoms with van der Waals surface area (Å²) in [6.45, 7) is 4.16. The third-order valence-corrected chi connectivity index (χ3v) is 3.90. The maximum absolute atomic E-state index is 12.2. The van der Waals surface area contributed by atoms with Crippen molar-refractivity contribution in [3.8, 4) is 11.5 Å². The first-order chi connectivity index (χ1) is 12.0. The van der Waals surface area contributed by atoms with Crippen LogP contribution in [-0.4, -0.2) is 25.2 Å². The standard InChI is InChI=1S/C19H20N2O4/c1-12(2)14-5-3-4-6-15(14)21-18(22)10-20-19(23)13-7-8-16-17(9-13)25-11-24-16/h3-9,12H,10-11H2,1-2H3,(H,20,23)(H,21,22). The lowest BCUT2D eigenvalue weighted by atomic mass is 10.0. The number of amides is 2. The molecular formula is C19H20N2O4. The molecule has 6 nitrogen and oxygen atoms in total. The smallest absolute Gasteiger partial charge is 0.251 e. The van der Waals surface area contributed by atoms with Crippen molar-refractivity contribution in [2.24, 2.45) is 0 Å². The van der Waals surface area contributed by atoms with E-state index in [0.29, 0.717) is 23.0 Å². The third kappa shape index (κ3) is 3.91. The number of carbonyl (C=O) groups is 2. The van der Waals surface area contributed by atoms with Gasteiger partial charge in [-0.25, -0.2) is 0 Å². The number of para-hydroxylation sites is 1. The Balaban J connectivity index is 1.58. The maximum Gasteiger partial charge on any atom is 0.251 e. The fourth-order valence-electron chi connectivity index (χ4n) is 2.61. The lowest BCUT2D eigenvalue weighted by molar-refractivity contribution is -0.115. The molecule has 2 N–H and O–H groups in total. The van der Waals surface area contributed by atoms with E-state index in [1.807, 2.05) is 24.3 Å². The van der Waals surface area contributed by atoms with Crippen molar-refractivity contribution in [3.63, 3.8) is 0 Å². The van der Waals surface area contributed by atoms with Crippen LogP contribution in [0.4, 0.5) is 5.69 Å². The number of carbonyl (C=O) groups excluding carboxylic acids is 2. The molecule has 1 heterocycles. The van der Waals surface area contributed by atoms with Gasteiger partial charge in [-0.05, 0) is 35.7 Å². The van der Waals surface area contributed by atoms with Crippen LogP contribution in [0.2, 0.25) is 0 Å². The van der Waals surface area contributed by atoms with E-state index in [0.717, 1.165) is 11.3 Å². The molecule has 0 saturated heterocycles. The second-order valence-corrected chi connectivity index (χ2v) is 6.04. The van der Waals surface area contributed by atoms with E-state index in [2.05, 4.69) is 24.5 Å². The van der Waals surface area contributed by atoms with Crippen LogP contribution in [0.1, 0.15) is 35.7 Å². The summed E-state index contributed by atoms with van der Waals surface area (Å²) in [4.78, 5) is 24.3. The highest BCUT2D eigenvalue weighted by Crippen LogP contribution is 2.32. The van der Waals surface area contributed by atoms with Gasteiger partial charge in [-0.15, -0.1) is 0 Å². The van der Waals surface area contributed by atoms with Crippen molar-refractivity contribution >= 4 is 17.5 Å². The Morgan fingerprint density at radius 3 is 2.64 bits per heavy atom. The normalized spacial score (nSPS) is 12.1. The number of fused-ring (bicyclic) bond motifs is 1. The van der Waals surface area contributed by atoms with Gasteiger partial charge >= 0.3 is 0 Å². The molecule has 2 aromatic carbocycles. The molecule has 3 rings (SSSR count). The zero-order valence-electron chi connectivity index (χ0n) is 14.2. The maximum atomic E-state index is 12.2. The number of rotatable bonds is 5. The Labute approximate surface area is 146 Å². The van der Waals surface area contributed by atoms with Gasteiger partial charge in [0, 0.05) is 11.3 Å². The zero-order valence-corrected chi connectivity index (χ0v) is 14.2. The molecule has 0 aromatic heterocycles. The van der Waals surface area contributed by atoms with E-state index in [1.165, 1.54) is 0 Å². The molecule has 0 unspecified atom stereocenters. The minimum absolute atomic E-state index is 0.111. The predicted molar refractivity (Wildman–Crippen MR) is 94.1 cm³/mol. The molecule has 25 heavy (non-hydrogen) atoms. The molecular weight excluding hydrogens is 320 g/mol. The summed E-state index contributed by atoms with van der Waals surface area (Å²) in [5.74, 6) is 0.815. The van der Waals surface area contributed by atoms with E-state index in [4.69, 9.17) is 9.47 Å². The minimum atomic E-state index is -0.342. The average Bonchev–Trinajstić information content (AvgIpc) is 3.07. The summed E-state index contributed by atoms with van der Waals surface area (Å²) in [6, 6.07) is 12.5. The molecule has 1 aliphatic heterocycles. The highest BCUT2D eigenvalue weighted by Gasteiger charge is 2.17. The summed E-state index contributed by atoms with van der Waals surface area (Å²) in [6.07, 6.45) is 0.